The number of benzene rings is 1. The SMILES string of the molecule is COc1ccccc1OCCN1CCC[C@@H](c2nc(-c3cccnc3)no2)C1. The molecule has 1 aliphatic heterocycles. The third kappa shape index (κ3) is 4.31. The fourth-order valence-electron chi connectivity index (χ4n) is 3.50. The van der Waals surface area contributed by atoms with Gasteiger partial charge in [-0.3, -0.25) is 9.88 Å². The lowest BCUT2D eigenvalue weighted by molar-refractivity contribution is 0.156. The standard InChI is InChI=1S/C21H24N4O3/c1-26-18-8-2-3-9-19(18)27-13-12-25-11-5-7-17(15-25)21-23-20(24-28-21)16-6-4-10-22-14-16/h2-4,6,8-10,14,17H,5,7,11-13,15H2,1H3/t17-/m1/s1. The predicted octanol–water partition coefficient (Wildman–Crippen LogP) is 3.40. The van der Waals surface area contributed by atoms with Gasteiger partial charge in [0.15, 0.2) is 11.5 Å². The molecule has 7 heteroatoms. The smallest absolute Gasteiger partial charge is 0.231 e. The molecule has 3 aromatic rings. The monoisotopic (exact) mass is 380 g/mol. The number of hydrogen-bond acceptors (Lipinski definition) is 7. The first-order valence-electron chi connectivity index (χ1n) is 9.55. The van der Waals surface area contributed by atoms with Gasteiger partial charge in [0, 0.05) is 31.0 Å². The highest BCUT2D eigenvalue weighted by Crippen LogP contribution is 2.28. The minimum absolute atomic E-state index is 0.248. The number of likely N-dealkylation sites (tertiary alicyclic amines) is 1. The molecule has 0 N–H and O–H groups in total. The van der Waals surface area contributed by atoms with Crippen molar-refractivity contribution < 1.29 is 14.0 Å². The first-order valence-corrected chi connectivity index (χ1v) is 9.55. The second-order valence-corrected chi connectivity index (χ2v) is 6.84. The Morgan fingerprint density at radius 2 is 2.07 bits per heavy atom. The van der Waals surface area contributed by atoms with Crippen molar-refractivity contribution in [2.75, 3.05) is 33.4 Å². The van der Waals surface area contributed by atoms with Crippen molar-refractivity contribution in [2.45, 2.75) is 18.8 Å². The minimum atomic E-state index is 0.248. The van der Waals surface area contributed by atoms with E-state index in [-0.39, 0.29) is 5.92 Å². The van der Waals surface area contributed by atoms with Crippen LogP contribution in [-0.4, -0.2) is 53.4 Å². The van der Waals surface area contributed by atoms with Crippen molar-refractivity contribution in [1.82, 2.24) is 20.0 Å². The summed E-state index contributed by atoms with van der Waals surface area (Å²) in [5.41, 5.74) is 0.871. The average Bonchev–Trinajstić information content (AvgIpc) is 3.25. The Kier molecular flexibility index (Phi) is 5.82. The molecular weight excluding hydrogens is 356 g/mol. The molecule has 1 atom stereocenters. The molecule has 0 unspecified atom stereocenters. The lowest BCUT2D eigenvalue weighted by Crippen LogP contribution is -2.37. The zero-order valence-electron chi connectivity index (χ0n) is 16.0. The zero-order valence-corrected chi connectivity index (χ0v) is 16.0. The van der Waals surface area contributed by atoms with E-state index in [0.29, 0.717) is 18.3 Å². The van der Waals surface area contributed by atoms with Gasteiger partial charge in [-0.2, -0.15) is 4.98 Å². The van der Waals surface area contributed by atoms with Gasteiger partial charge >= 0.3 is 0 Å². The molecule has 0 saturated carbocycles. The van der Waals surface area contributed by atoms with Crippen LogP contribution in [0.15, 0.2) is 53.3 Å². The molecule has 1 aromatic carbocycles. The van der Waals surface area contributed by atoms with E-state index < -0.39 is 0 Å². The Morgan fingerprint density at radius 3 is 2.89 bits per heavy atom. The van der Waals surface area contributed by atoms with Crippen LogP contribution >= 0.6 is 0 Å². The molecule has 0 amide bonds. The van der Waals surface area contributed by atoms with Crippen molar-refractivity contribution >= 4 is 0 Å². The predicted molar refractivity (Wildman–Crippen MR) is 104 cm³/mol. The second-order valence-electron chi connectivity index (χ2n) is 6.84. The Labute approximate surface area is 164 Å². The molecule has 2 aromatic heterocycles. The fraction of sp³-hybridized carbons (Fsp3) is 0.381. The summed E-state index contributed by atoms with van der Waals surface area (Å²) in [6.45, 7) is 3.40. The zero-order chi connectivity index (χ0) is 19.2. The van der Waals surface area contributed by atoms with Gasteiger partial charge in [0.2, 0.25) is 11.7 Å². The summed E-state index contributed by atoms with van der Waals surface area (Å²) in [6.07, 6.45) is 5.64. The Bertz CT molecular complexity index is 884. The third-order valence-corrected chi connectivity index (χ3v) is 4.95. The van der Waals surface area contributed by atoms with Crippen LogP contribution in [0.3, 0.4) is 0 Å². The van der Waals surface area contributed by atoms with E-state index in [0.717, 1.165) is 49.5 Å². The van der Waals surface area contributed by atoms with Crippen molar-refractivity contribution in [3.8, 4) is 22.9 Å². The third-order valence-electron chi connectivity index (χ3n) is 4.95. The molecule has 1 fully saturated rings. The van der Waals surface area contributed by atoms with E-state index in [4.69, 9.17) is 14.0 Å². The van der Waals surface area contributed by atoms with Gasteiger partial charge < -0.3 is 14.0 Å². The van der Waals surface area contributed by atoms with Crippen LogP contribution in [0.2, 0.25) is 0 Å². The quantitative estimate of drug-likeness (QED) is 0.622. The highest BCUT2D eigenvalue weighted by molar-refractivity contribution is 5.51. The Morgan fingerprint density at radius 1 is 1.18 bits per heavy atom. The molecule has 0 spiro atoms. The molecule has 1 aliphatic rings. The fourth-order valence-corrected chi connectivity index (χ4v) is 3.50. The number of pyridine rings is 1. The minimum Gasteiger partial charge on any atom is -0.493 e. The van der Waals surface area contributed by atoms with Gasteiger partial charge in [0.1, 0.15) is 6.61 Å². The van der Waals surface area contributed by atoms with Crippen LogP contribution < -0.4 is 9.47 Å². The topological polar surface area (TPSA) is 73.5 Å². The molecule has 4 rings (SSSR count). The number of nitrogens with zero attached hydrogens (tertiary/aromatic N) is 4. The van der Waals surface area contributed by atoms with Gasteiger partial charge in [-0.05, 0) is 43.7 Å². The first kappa shape index (κ1) is 18.4. The molecule has 146 valence electrons. The van der Waals surface area contributed by atoms with Gasteiger partial charge in [-0.1, -0.05) is 17.3 Å². The van der Waals surface area contributed by atoms with E-state index in [1.165, 1.54) is 0 Å². The summed E-state index contributed by atoms with van der Waals surface area (Å²) in [4.78, 5) is 11.1. The van der Waals surface area contributed by atoms with E-state index in [9.17, 15) is 0 Å². The number of ether oxygens (including phenoxy) is 2. The molecular formula is C21H24N4O3. The Hall–Kier alpha value is -2.93. The van der Waals surface area contributed by atoms with Crippen molar-refractivity contribution in [2.24, 2.45) is 0 Å². The maximum atomic E-state index is 5.91. The highest BCUT2D eigenvalue weighted by Gasteiger charge is 2.26. The summed E-state index contributed by atoms with van der Waals surface area (Å²) in [5, 5.41) is 4.12. The molecule has 0 aliphatic carbocycles. The van der Waals surface area contributed by atoms with E-state index in [2.05, 4.69) is 20.0 Å². The molecule has 3 heterocycles. The van der Waals surface area contributed by atoms with Crippen LogP contribution in [0, 0.1) is 0 Å². The number of aromatic nitrogens is 3. The van der Waals surface area contributed by atoms with Gasteiger partial charge in [-0.15, -0.1) is 0 Å². The number of rotatable bonds is 7. The average molecular weight is 380 g/mol. The van der Waals surface area contributed by atoms with Crippen LogP contribution in [0.1, 0.15) is 24.7 Å². The number of piperidine rings is 1. The number of para-hydroxylation sites is 2. The molecule has 28 heavy (non-hydrogen) atoms. The van der Waals surface area contributed by atoms with Gasteiger partial charge in [0.25, 0.3) is 0 Å². The van der Waals surface area contributed by atoms with Crippen molar-refractivity contribution in [3.63, 3.8) is 0 Å². The maximum Gasteiger partial charge on any atom is 0.231 e. The van der Waals surface area contributed by atoms with Crippen LogP contribution in [0.5, 0.6) is 11.5 Å². The molecule has 0 bridgehead atoms. The summed E-state index contributed by atoms with van der Waals surface area (Å²) in [7, 11) is 1.65. The van der Waals surface area contributed by atoms with Crippen LogP contribution in [0.4, 0.5) is 0 Å². The van der Waals surface area contributed by atoms with E-state index >= 15 is 0 Å². The number of methoxy groups -OCH3 is 1. The summed E-state index contributed by atoms with van der Waals surface area (Å²) in [5.74, 6) is 3.08. The van der Waals surface area contributed by atoms with E-state index in [1.54, 1.807) is 19.5 Å². The maximum absolute atomic E-state index is 5.91. The summed E-state index contributed by atoms with van der Waals surface area (Å²) < 4.78 is 16.8. The highest BCUT2D eigenvalue weighted by atomic mass is 16.5. The largest absolute Gasteiger partial charge is 0.493 e. The molecule has 1 saturated heterocycles. The summed E-state index contributed by atoms with van der Waals surface area (Å²) in [6, 6.07) is 11.5. The Balaban J connectivity index is 1.33. The van der Waals surface area contributed by atoms with Gasteiger partial charge in [0.05, 0.1) is 13.0 Å². The molecule has 0 radical (unpaired) electrons. The van der Waals surface area contributed by atoms with Crippen molar-refractivity contribution in [1.29, 1.82) is 0 Å². The van der Waals surface area contributed by atoms with Gasteiger partial charge in [-0.25, -0.2) is 0 Å². The second kappa shape index (κ2) is 8.84. The normalized spacial score (nSPS) is 17.4. The van der Waals surface area contributed by atoms with Crippen molar-refractivity contribution in [3.05, 3.63) is 54.7 Å². The number of hydrogen-bond donors (Lipinski definition) is 0. The molecule has 7 nitrogen and oxygen atoms in total. The van der Waals surface area contributed by atoms with E-state index in [1.807, 2.05) is 36.4 Å². The first-order chi connectivity index (χ1) is 13.8. The summed E-state index contributed by atoms with van der Waals surface area (Å²) >= 11 is 0. The van der Waals surface area contributed by atoms with Crippen LogP contribution in [-0.2, 0) is 0 Å². The lowest BCUT2D eigenvalue weighted by atomic mass is 9.98. The lowest BCUT2D eigenvalue weighted by Gasteiger charge is -2.30. The van der Waals surface area contributed by atoms with Crippen LogP contribution in [0.25, 0.3) is 11.4 Å².